The zero-order valence-corrected chi connectivity index (χ0v) is 10.9. The van der Waals surface area contributed by atoms with E-state index >= 15 is 0 Å². The topological polar surface area (TPSA) is 29.9 Å². The van der Waals surface area contributed by atoms with Crippen molar-refractivity contribution in [2.45, 2.75) is 45.7 Å². The maximum absolute atomic E-state index is 4.42. The second-order valence-corrected chi connectivity index (χ2v) is 5.50. The first-order valence-electron chi connectivity index (χ1n) is 7.10. The fourth-order valence-corrected chi connectivity index (χ4v) is 3.78. The van der Waals surface area contributed by atoms with Crippen molar-refractivity contribution in [3.05, 3.63) is 18.0 Å². The maximum Gasteiger partial charge on any atom is 0.0537 e. The fraction of sp³-hybridized carbons (Fsp3) is 0.786. The molecular formula is C14H23N3. The number of hydrogen-bond acceptors (Lipinski definition) is 2. The number of aromatic nitrogens is 2. The Balaban J connectivity index is 1.75. The number of hydrogen-bond donors (Lipinski definition) is 1. The molecule has 94 valence electrons. The molecule has 0 amide bonds. The van der Waals surface area contributed by atoms with Crippen LogP contribution >= 0.6 is 0 Å². The molecule has 2 fully saturated rings. The highest BCUT2D eigenvalue weighted by molar-refractivity contribution is 5.19. The molecule has 1 N–H and O–H groups in total. The molecule has 2 aliphatic rings. The Morgan fingerprint density at radius 3 is 2.76 bits per heavy atom. The number of nitrogens with zero attached hydrogens (tertiary/aromatic N) is 2. The maximum atomic E-state index is 4.42. The molecule has 0 spiro atoms. The highest BCUT2D eigenvalue weighted by Gasteiger charge is 2.56. The molecule has 3 unspecified atom stereocenters. The summed E-state index contributed by atoms with van der Waals surface area (Å²) >= 11 is 0. The van der Waals surface area contributed by atoms with E-state index in [9.17, 15) is 0 Å². The van der Waals surface area contributed by atoms with Gasteiger partial charge in [0.15, 0.2) is 0 Å². The molecule has 2 saturated carbocycles. The first kappa shape index (κ1) is 11.3. The van der Waals surface area contributed by atoms with E-state index in [1.54, 1.807) is 0 Å². The molecule has 2 aliphatic carbocycles. The van der Waals surface area contributed by atoms with E-state index in [2.05, 4.69) is 36.7 Å². The van der Waals surface area contributed by atoms with Crippen LogP contribution in [0.2, 0.25) is 0 Å². The summed E-state index contributed by atoms with van der Waals surface area (Å²) in [6, 6.07) is 0.551. The Bertz CT molecular complexity index is 375. The quantitative estimate of drug-likeness (QED) is 0.847. The van der Waals surface area contributed by atoms with Gasteiger partial charge in [0.1, 0.15) is 0 Å². The predicted molar refractivity (Wildman–Crippen MR) is 68.6 cm³/mol. The molecule has 0 saturated heterocycles. The zero-order valence-electron chi connectivity index (χ0n) is 10.9. The van der Waals surface area contributed by atoms with Crippen molar-refractivity contribution in [1.29, 1.82) is 0 Å². The van der Waals surface area contributed by atoms with Crippen LogP contribution in [0.5, 0.6) is 0 Å². The van der Waals surface area contributed by atoms with Gasteiger partial charge >= 0.3 is 0 Å². The van der Waals surface area contributed by atoms with Crippen molar-refractivity contribution in [3.8, 4) is 0 Å². The van der Waals surface area contributed by atoms with Gasteiger partial charge < -0.3 is 5.32 Å². The molecule has 3 atom stereocenters. The third-order valence-corrected chi connectivity index (χ3v) is 4.62. The van der Waals surface area contributed by atoms with Crippen LogP contribution in [0, 0.1) is 17.8 Å². The van der Waals surface area contributed by atoms with Crippen molar-refractivity contribution in [2.24, 2.45) is 17.8 Å². The average Bonchev–Trinajstić information content (AvgIpc) is 2.79. The number of aryl methyl sites for hydroxylation is 1. The van der Waals surface area contributed by atoms with E-state index in [0.29, 0.717) is 6.04 Å². The molecular weight excluding hydrogens is 210 g/mol. The molecule has 0 aliphatic heterocycles. The molecule has 17 heavy (non-hydrogen) atoms. The smallest absolute Gasteiger partial charge is 0.0537 e. The molecule has 0 radical (unpaired) electrons. The number of nitrogens with one attached hydrogen (secondary N) is 1. The Kier molecular flexibility index (Phi) is 2.95. The highest BCUT2D eigenvalue weighted by atomic mass is 15.3. The largest absolute Gasteiger partial charge is 0.310 e. The lowest BCUT2D eigenvalue weighted by Crippen LogP contribution is -2.24. The molecule has 3 heteroatoms. The lowest BCUT2D eigenvalue weighted by Gasteiger charge is -2.18. The molecule has 0 bridgehead atoms. The summed E-state index contributed by atoms with van der Waals surface area (Å²) in [7, 11) is 0. The van der Waals surface area contributed by atoms with Crippen molar-refractivity contribution >= 4 is 0 Å². The van der Waals surface area contributed by atoms with Gasteiger partial charge in [0.2, 0.25) is 0 Å². The van der Waals surface area contributed by atoms with Crippen LogP contribution in [0.15, 0.2) is 12.4 Å². The molecule has 1 heterocycles. The van der Waals surface area contributed by atoms with Gasteiger partial charge in [-0.05, 0) is 44.1 Å². The average molecular weight is 233 g/mol. The van der Waals surface area contributed by atoms with E-state index in [4.69, 9.17) is 0 Å². The van der Waals surface area contributed by atoms with Gasteiger partial charge in [-0.25, -0.2) is 0 Å². The monoisotopic (exact) mass is 233 g/mol. The number of rotatable bonds is 5. The minimum Gasteiger partial charge on any atom is -0.310 e. The lowest BCUT2D eigenvalue weighted by molar-refractivity contribution is 0.425. The van der Waals surface area contributed by atoms with Crippen LogP contribution in [-0.4, -0.2) is 16.3 Å². The van der Waals surface area contributed by atoms with E-state index < -0.39 is 0 Å². The van der Waals surface area contributed by atoms with Crippen LogP contribution in [0.4, 0.5) is 0 Å². The van der Waals surface area contributed by atoms with E-state index in [-0.39, 0.29) is 0 Å². The summed E-state index contributed by atoms with van der Waals surface area (Å²) in [6.45, 7) is 6.37. The van der Waals surface area contributed by atoms with Crippen molar-refractivity contribution < 1.29 is 0 Å². The van der Waals surface area contributed by atoms with Gasteiger partial charge in [0.25, 0.3) is 0 Å². The zero-order chi connectivity index (χ0) is 11.8. The van der Waals surface area contributed by atoms with Gasteiger partial charge in [0, 0.05) is 24.3 Å². The SMILES string of the molecule is CCNC(c1cnn(CC)c1)C1C2CCCC21. The molecule has 1 aromatic heterocycles. The second kappa shape index (κ2) is 4.45. The van der Waals surface area contributed by atoms with Crippen LogP contribution in [0.25, 0.3) is 0 Å². The fourth-order valence-electron chi connectivity index (χ4n) is 3.78. The van der Waals surface area contributed by atoms with Gasteiger partial charge in [-0.15, -0.1) is 0 Å². The van der Waals surface area contributed by atoms with E-state index in [0.717, 1.165) is 30.8 Å². The number of fused-ring (bicyclic) bond motifs is 1. The third kappa shape index (κ3) is 1.90. The molecule has 0 aromatic carbocycles. The Labute approximate surface area is 104 Å². The molecule has 3 nitrogen and oxygen atoms in total. The van der Waals surface area contributed by atoms with Crippen molar-refractivity contribution in [2.75, 3.05) is 6.54 Å². The van der Waals surface area contributed by atoms with Crippen molar-refractivity contribution in [3.63, 3.8) is 0 Å². The summed E-state index contributed by atoms with van der Waals surface area (Å²) in [5.41, 5.74) is 1.40. The van der Waals surface area contributed by atoms with Crippen LogP contribution in [0.3, 0.4) is 0 Å². The Morgan fingerprint density at radius 1 is 1.41 bits per heavy atom. The van der Waals surface area contributed by atoms with Gasteiger partial charge in [-0.2, -0.15) is 5.10 Å². The minimum absolute atomic E-state index is 0.551. The highest BCUT2D eigenvalue weighted by Crippen LogP contribution is 2.62. The van der Waals surface area contributed by atoms with Crippen LogP contribution < -0.4 is 5.32 Å². The summed E-state index contributed by atoms with van der Waals surface area (Å²) in [4.78, 5) is 0. The minimum atomic E-state index is 0.551. The summed E-state index contributed by atoms with van der Waals surface area (Å²) in [6.07, 6.45) is 8.66. The Morgan fingerprint density at radius 2 is 2.18 bits per heavy atom. The second-order valence-electron chi connectivity index (χ2n) is 5.50. The third-order valence-electron chi connectivity index (χ3n) is 4.62. The van der Waals surface area contributed by atoms with E-state index in [1.165, 1.54) is 24.8 Å². The molecule has 1 aromatic rings. The van der Waals surface area contributed by atoms with E-state index in [1.807, 2.05) is 4.68 Å². The van der Waals surface area contributed by atoms with Gasteiger partial charge in [0.05, 0.1) is 6.20 Å². The first-order valence-corrected chi connectivity index (χ1v) is 7.10. The van der Waals surface area contributed by atoms with Gasteiger partial charge in [-0.1, -0.05) is 13.3 Å². The van der Waals surface area contributed by atoms with Gasteiger partial charge in [-0.3, -0.25) is 4.68 Å². The summed E-state index contributed by atoms with van der Waals surface area (Å²) in [5, 5.41) is 8.09. The normalized spacial score (nSPS) is 32.5. The van der Waals surface area contributed by atoms with Crippen LogP contribution in [0.1, 0.15) is 44.7 Å². The summed E-state index contributed by atoms with van der Waals surface area (Å²) < 4.78 is 2.04. The van der Waals surface area contributed by atoms with Crippen molar-refractivity contribution in [1.82, 2.24) is 15.1 Å². The summed E-state index contributed by atoms with van der Waals surface area (Å²) in [5.74, 6) is 2.89. The molecule has 3 rings (SSSR count). The lowest BCUT2D eigenvalue weighted by atomic mass is 9.99. The standard InChI is InChI=1S/C14H23N3/c1-3-15-14(10-8-16-17(4-2)9-10)13-11-6-5-7-12(11)13/h8-9,11-15H,3-7H2,1-2H3. The Hall–Kier alpha value is -0.830. The first-order chi connectivity index (χ1) is 8.35. The van der Waals surface area contributed by atoms with Crippen LogP contribution in [-0.2, 0) is 6.54 Å². The predicted octanol–water partition coefficient (Wildman–Crippen LogP) is 2.60.